The molecule has 1 fully saturated rings. The fourth-order valence-electron chi connectivity index (χ4n) is 2.14. The van der Waals surface area contributed by atoms with Crippen LogP contribution in [0.5, 0.6) is 5.75 Å². The fraction of sp³-hybridized carbons (Fsp3) is 0.176. The predicted octanol–water partition coefficient (Wildman–Crippen LogP) is 4.84. The van der Waals surface area contributed by atoms with E-state index in [4.69, 9.17) is 21.4 Å². The van der Waals surface area contributed by atoms with Gasteiger partial charge in [-0.2, -0.15) is 0 Å². The summed E-state index contributed by atoms with van der Waals surface area (Å²) >= 11 is 9.87. The van der Waals surface area contributed by atoms with Crippen LogP contribution in [0.15, 0.2) is 50.2 Å². The number of rotatable bonds is 5. The normalized spacial score (nSPS) is 16.2. The van der Waals surface area contributed by atoms with E-state index in [9.17, 15) is 4.79 Å². The van der Waals surface area contributed by atoms with Gasteiger partial charge in [0.2, 0.25) is 0 Å². The van der Waals surface area contributed by atoms with Crippen LogP contribution in [-0.4, -0.2) is 21.7 Å². The highest BCUT2D eigenvalue weighted by atomic mass is 79.9. The van der Waals surface area contributed by atoms with Crippen LogP contribution in [0.3, 0.4) is 0 Å². The number of nitrogens with zero attached hydrogens (tertiary/aromatic N) is 1. The summed E-state index contributed by atoms with van der Waals surface area (Å²) in [7, 11) is 0. The molecule has 3 rings (SSSR count). The van der Waals surface area contributed by atoms with Gasteiger partial charge in [0, 0.05) is 17.1 Å². The van der Waals surface area contributed by atoms with E-state index < -0.39 is 0 Å². The van der Waals surface area contributed by atoms with Crippen LogP contribution >= 0.6 is 39.9 Å². The largest absolute Gasteiger partial charge is 0.486 e. The first kappa shape index (κ1) is 17.3. The summed E-state index contributed by atoms with van der Waals surface area (Å²) in [4.78, 5) is 14.3. The van der Waals surface area contributed by atoms with E-state index in [0.717, 1.165) is 10.2 Å². The van der Waals surface area contributed by atoms with Crippen LogP contribution in [-0.2, 0) is 11.4 Å². The molecule has 1 aromatic heterocycles. The van der Waals surface area contributed by atoms with Crippen LogP contribution in [0, 0.1) is 0 Å². The molecule has 0 N–H and O–H groups in total. The van der Waals surface area contributed by atoms with Gasteiger partial charge in [0.15, 0.2) is 0 Å². The number of halogens is 1. The highest BCUT2D eigenvalue weighted by Crippen LogP contribution is 2.32. The molecule has 0 saturated carbocycles. The average Bonchev–Trinajstić information content (AvgIpc) is 3.12. The highest BCUT2D eigenvalue weighted by Gasteiger charge is 2.30. The minimum absolute atomic E-state index is 0.0726. The maximum atomic E-state index is 12.2. The third-order valence-corrected chi connectivity index (χ3v) is 5.25. The second-order valence-electron chi connectivity index (χ2n) is 4.97. The van der Waals surface area contributed by atoms with Crippen LogP contribution in [0.4, 0.5) is 0 Å². The number of hydrogen-bond donors (Lipinski definition) is 0. The third-order valence-electron chi connectivity index (χ3n) is 3.34. The number of likely N-dealkylation sites (N-methyl/N-ethyl adjacent to an activating group) is 1. The standard InChI is InChI=1S/C17H14BrNO3S2/c1-2-19-16(20)15(24-17(19)23)9-13-7-8-14(22-13)10-21-12-5-3-11(18)4-6-12/h3-9H,2,10H2,1H3/b15-9+. The summed E-state index contributed by atoms with van der Waals surface area (Å²) in [5.41, 5.74) is 0. The number of amides is 1. The predicted molar refractivity (Wildman–Crippen MR) is 103 cm³/mol. The maximum Gasteiger partial charge on any atom is 0.266 e. The van der Waals surface area contributed by atoms with Crippen molar-refractivity contribution in [3.63, 3.8) is 0 Å². The molecule has 0 atom stereocenters. The summed E-state index contributed by atoms with van der Waals surface area (Å²) in [6.07, 6.45) is 1.72. The zero-order chi connectivity index (χ0) is 17.1. The quantitative estimate of drug-likeness (QED) is 0.508. The van der Waals surface area contributed by atoms with E-state index in [1.807, 2.05) is 43.3 Å². The van der Waals surface area contributed by atoms with Crippen LogP contribution in [0.2, 0.25) is 0 Å². The Bertz CT molecular complexity index is 798. The Morgan fingerprint density at radius 3 is 2.71 bits per heavy atom. The number of carbonyl (C=O) groups is 1. The summed E-state index contributed by atoms with van der Waals surface area (Å²) in [5, 5.41) is 0. The number of thioether (sulfide) groups is 1. The van der Waals surface area contributed by atoms with Crippen molar-refractivity contribution in [2.45, 2.75) is 13.5 Å². The van der Waals surface area contributed by atoms with Gasteiger partial charge in [0.1, 0.15) is 28.2 Å². The Hall–Kier alpha value is -1.57. The molecule has 0 spiro atoms. The first-order chi connectivity index (χ1) is 11.6. The molecule has 4 nitrogen and oxygen atoms in total. The summed E-state index contributed by atoms with van der Waals surface area (Å²) < 4.78 is 13.0. The summed E-state index contributed by atoms with van der Waals surface area (Å²) in [5.74, 6) is 1.99. The molecule has 2 heterocycles. The van der Waals surface area contributed by atoms with E-state index in [2.05, 4.69) is 15.9 Å². The van der Waals surface area contributed by atoms with Crippen LogP contribution in [0.25, 0.3) is 6.08 Å². The lowest BCUT2D eigenvalue weighted by atomic mass is 10.3. The van der Waals surface area contributed by atoms with Crippen LogP contribution in [0.1, 0.15) is 18.4 Å². The molecule has 1 aromatic carbocycles. The SMILES string of the molecule is CCN1C(=O)/C(=C\c2ccc(COc3ccc(Br)cc3)o2)SC1=S. The molecule has 1 aliphatic heterocycles. The summed E-state index contributed by atoms with van der Waals surface area (Å²) in [6.45, 7) is 2.80. The topological polar surface area (TPSA) is 42.7 Å². The van der Waals surface area contributed by atoms with E-state index in [0.29, 0.717) is 33.9 Å². The maximum absolute atomic E-state index is 12.2. The minimum Gasteiger partial charge on any atom is -0.486 e. The van der Waals surface area contributed by atoms with Gasteiger partial charge in [-0.25, -0.2) is 0 Å². The molecule has 0 aliphatic carbocycles. The first-order valence-electron chi connectivity index (χ1n) is 7.29. The van der Waals surface area contributed by atoms with Gasteiger partial charge >= 0.3 is 0 Å². The Balaban J connectivity index is 1.65. The molecule has 24 heavy (non-hydrogen) atoms. The first-order valence-corrected chi connectivity index (χ1v) is 9.31. The van der Waals surface area contributed by atoms with Crippen molar-refractivity contribution in [3.05, 3.63) is 57.3 Å². The van der Waals surface area contributed by atoms with E-state index in [-0.39, 0.29) is 5.91 Å². The average molecular weight is 424 g/mol. The molecule has 1 aliphatic rings. The fourth-order valence-corrected chi connectivity index (χ4v) is 3.77. The van der Waals surface area contributed by atoms with Gasteiger partial charge in [0.05, 0.1) is 4.91 Å². The van der Waals surface area contributed by atoms with Crippen molar-refractivity contribution >= 4 is 56.2 Å². The number of thiocarbonyl (C=S) groups is 1. The van der Waals surface area contributed by atoms with Crippen molar-refractivity contribution in [1.82, 2.24) is 4.90 Å². The van der Waals surface area contributed by atoms with Crippen molar-refractivity contribution < 1.29 is 13.9 Å². The van der Waals surface area contributed by atoms with Crippen molar-refractivity contribution in [2.75, 3.05) is 6.54 Å². The molecule has 124 valence electrons. The molecule has 7 heteroatoms. The molecule has 0 unspecified atom stereocenters. The Morgan fingerprint density at radius 1 is 1.29 bits per heavy atom. The minimum atomic E-state index is -0.0726. The zero-order valence-corrected chi connectivity index (χ0v) is 16.0. The molecule has 0 radical (unpaired) electrons. The molecule has 0 bridgehead atoms. The van der Waals surface area contributed by atoms with E-state index in [1.165, 1.54) is 11.8 Å². The lowest BCUT2D eigenvalue weighted by Crippen LogP contribution is -2.27. The lowest BCUT2D eigenvalue weighted by molar-refractivity contribution is -0.121. The van der Waals surface area contributed by atoms with Gasteiger partial charge in [-0.1, -0.05) is 39.9 Å². The molecular weight excluding hydrogens is 410 g/mol. The number of ether oxygens (including phenoxy) is 1. The second-order valence-corrected chi connectivity index (χ2v) is 7.56. The Kier molecular flexibility index (Phi) is 5.43. The molecular formula is C17H14BrNO3S2. The lowest BCUT2D eigenvalue weighted by Gasteiger charge is -2.09. The van der Waals surface area contributed by atoms with Gasteiger partial charge in [-0.15, -0.1) is 0 Å². The number of benzene rings is 1. The third kappa shape index (κ3) is 3.91. The monoisotopic (exact) mass is 423 g/mol. The number of carbonyl (C=O) groups excluding carboxylic acids is 1. The number of furan rings is 1. The van der Waals surface area contributed by atoms with Crippen molar-refractivity contribution in [1.29, 1.82) is 0 Å². The molecule has 1 saturated heterocycles. The van der Waals surface area contributed by atoms with Gasteiger partial charge in [0.25, 0.3) is 5.91 Å². The second kappa shape index (κ2) is 7.55. The highest BCUT2D eigenvalue weighted by molar-refractivity contribution is 9.10. The van der Waals surface area contributed by atoms with Gasteiger partial charge < -0.3 is 9.15 Å². The molecule has 1 amide bonds. The Labute approximate surface area is 158 Å². The Morgan fingerprint density at radius 2 is 2.04 bits per heavy atom. The smallest absolute Gasteiger partial charge is 0.266 e. The van der Waals surface area contributed by atoms with E-state index in [1.54, 1.807) is 11.0 Å². The van der Waals surface area contributed by atoms with Crippen molar-refractivity contribution in [3.8, 4) is 5.75 Å². The van der Waals surface area contributed by atoms with E-state index >= 15 is 0 Å². The van der Waals surface area contributed by atoms with Gasteiger partial charge in [-0.3, -0.25) is 9.69 Å². The number of hydrogen-bond acceptors (Lipinski definition) is 5. The molecule has 2 aromatic rings. The van der Waals surface area contributed by atoms with Crippen molar-refractivity contribution in [2.24, 2.45) is 0 Å². The zero-order valence-electron chi connectivity index (χ0n) is 12.8. The van der Waals surface area contributed by atoms with Gasteiger partial charge in [-0.05, 0) is 43.3 Å². The van der Waals surface area contributed by atoms with Crippen LogP contribution < -0.4 is 4.74 Å². The summed E-state index contributed by atoms with van der Waals surface area (Å²) in [6, 6.07) is 11.2.